The van der Waals surface area contributed by atoms with Crippen LogP contribution < -0.4 is 11.5 Å². The second-order valence-electron chi connectivity index (χ2n) is 0.577. The molecule has 0 radical (unpaired) electrons. The number of hydrogen-bond donors (Lipinski definition) is 2. The van der Waals surface area contributed by atoms with E-state index in [1.807, 2.05) is 0 Å². The van der Waals surface area contributed by atoms with Gasteiger partial charge in [-0.05, 0) is 0 Å². The second-order valence-corrected chi connectivity index (χ2v) is 0.577. The molecule has 0 aliphatic rings. The summed E-state index contributed by atoms with van der Waals surface area (Å²) in [5.41, 5.74) is 9.81. The fraction of sp³-hybridized carbons (Fsp3) is 0.333. The summed E-state index contributed by atoms with van der Waals surface area (Å²) < 4.78 is 0. The van der Waals surface area contributed by atoms with Crippen LogP contribution in [0.1, 0.15) is 0 Å². The van der Waals surface area contributed by atoms with E-state index in [4.69, 9.17) is 11.5 Å². The summed E-state index contributed by atoms with van der Waals surface area (Å²) in [5.74, 6) is 0. The fourth-order valence-electron chi connectivity index (χ4n) is 0. The summed E-state index contributed by atoms with van der Waals surface area (Å²) in [6.07, 6.45) is 0. The molecule has 50 valence electrons. The highest BCUT2D eigenvalue weighted by Gasteiger charge is 1.54. The molecular formula is C6H16N2. The molecular weight excluding hydrogens is 100 g/mol. The van der Waals surface area contributed by atoms with E-state index in [1.54, 1.807) is 0 Å². The van der Waals surface area contributed by atoms with E-state index in [2.05, 4.69) is 26.3 Å². The molecule has 0 bridgehead atoms. The van der Waals surface area contributed by atoms with E-state index in [1.165, 1.54) is 0 Å². The van der Waals surface area contributed by atoms with Gasteiger partial charge in [0.2, 0.25) is 0 Å². The smallest absolute Gasteiger partial charge is 0.00461 e. The van der Waals surface area contributed by atoms with Crippen LogP contribution in [-0.4, -0.2) is 13.1 Å². The summed E-state index contributed by atoms with van der Waals surface area (Å²) in [4.78, 5) is 0. The quantitative estimate of drug-likeness (QED) is 0.490. The first-order chi connectivity index (χ1) is 3.91. The average Bonchev–Trinajstić information content (AvgIpc) is 1.96. The lowest BCUT2D eigenvalue weighted by Gasteiger charge is -1.72. The molecule has 0 rings (SSSR count). The maximum Gasteiger partial charge on any atom is 0.00461 e. The molecule has 0 unspecified atom stereocenters. The van der Waals surface area contributed by atoms with Crippen LogP contribution >= 0.6 is 0 Å². The molecule has 0 aromatic rings. The Labute approximate surface area is 51.9 Å². The molecule has 0 amide bonds. The summed E-state index contributed by atoms with van der Waals surface area (Å²) in [6, 6.07) is 0. The van der Waals surface area contributed by atoms with Gasteiger partial charge in [0, 0.05) is 13.1 Å². The molecule has 2 heteroatoms. The van der Waals surface area contributed by atoms with Crippen LogP contribution in [0.2, 0.25) is 0 Å². The van der Waals surface area contributed by atoms with Crippen LogP contribution in [0.5, 0.6) is 0 Å². The van der Waals surface area contributed by atoms with Gasteiger partial charge in [-0.2, -0.15) is 0 Å². The summed E-state index contributed by atoms with van der Waals surface area (Å²) in [5, 5.41) is 0. The van der Waals surface area contributed by atoms with Crippen LogP contribution in [0.15, 0.2) is 26.3 Å². The Balaban J connectivity index is -0.0000000542. The third-order valence-electron chi connectivity index (χ3n) is 0.167. The number of rotatable bonds is 1. The Bertz CT molecular complexity index is 18.5. The van der Waals surface area contributed by atoms with Crippen molar-refractivity contribution in [2.45, 2.75) is 0 Å². The predicted octanol–water partition coefficient (Wildman–Crippen LogP) is 0.508. The first-order valence-electron chi connectivity index (χ1n) is 2.32. The highest BCUT2D eigenvalue weighted by molar-refractivity contribution is 4.26. The minimum Gasteiger partial charge on any atom is -0.329 e. The van der Waals surface area contributed by atoms with Crippen molar-refractivity contribution in [2.75, 3.05) is 13.1 Å². The van der Waals surface area contributed by atoms with Crippen molar-refractivity contribution in [3.8, 4) is 0 Å². The molecule has 0 saturated carbocycles. The SMILES string of the molecule is C=C.C=C.NCCN. The molecule has 0 aliphatic carbocycles. The van der Waals surface area contributed by atoms with Crippen LogP contribution in [0.25, 0.3) is 0 Å². The van der Waals surface area contributed by atoms with E-state index in [0.29, 0.717) is 13.1 Å². The van der Waals surface area contributed by atoms with Crippen molar-refractivity contribution in [1.82, 2.24) is 0 Å². The molecule has 0 aromatic heterocycles. The molecule has 8 heavy (non-hydrogen) atoms. The molecule has 0 heterocycles. The van der Waals surface area contributed by atoms with E-state index in [0.717, 1.165) is 0 Å². The normalized spacial score (nSPS) is 4.75. The minimum absolute atomic E-state index is 0.597. The second kappa shape index (κ2) is 95.2. The lowest BCUT2D eigenvalue weighted by Crippen LogP contribution is -2.11. The molecule has 2 nitrogen and oxygen atoms in total. The van der Waals surface area contributed by atoms with Crippen LogP contribution in [0.3, 0.4) is 0 Å². The van der Waals surface area contributed by atoms with Crippen molar-refractivity contribution in [3.63, 3.8) is 0 Å². The molecule has 0 atom stereocenters. The zero-order chi connectivity index (χ0) is 7.41. The largest absolute Gasteiger partial charge is 0.329 e. The van der Waals surface area contributed by atoms with Gasteiger partial charge in [-0.1, -0.05) is 0 Å². The third kappa shape index (κ3) is 653. The maximum absolute atomic E-state index is 4.90. The molecule has 0 spiro atoms. The molecule has 0 fully saturated rings. The van der Waals surface area contributed by atoms with Crippen molar-refractivity contribution in [2.24, 2.45) is 11.5 Å². The van der Waals surface area contributed by atoms with Gasteiger partial charge < -0.3 is 11.5 Å². The Hall–Kier alpha value is -0.600. The van der Waals surface area contributed by atoms with Crippen LogP contribution in [0.4, 0.5) is 0 Å². The number of hydrogen-bond acceptors (Lipinski definition) is 2. The van der Waals surface area contributed by atoms with Gasteiger partial charge in [0.15, 0.2) is 0 Å². The Morgan fingerprint density at radius 2 is 0.875 bits per heavy atom. The Morgan fingerprint density at radius 3 is 0.875 bits per heavy atom. The maximum atomic E-state index is 4.90. The summed E-state index contributed by atoms with van der Waals surface area (Å²) in [7, 11) is 0. The monoisotopic (exact) mass is 116 g/mol. The van der Waals surface area contributed by atoms with Gasteiger partial charge in [0.05, 0.1) is 0 Å². The van der Waals surface area contributed by atoms with Gasteiger partial charge in [-0.15, -0.1) is 26.3 Å². The Morgan fingerprint density at radius 1 is 0.750 bits per heavy atom. The highest BCUT2D eigenvalue weighted by Crippen LogP contribution is 1.24. The average molecular weight is 116 g/mol. The zero-order valence-electron chi connectivity index (χ0n) is 5.40. The molecule has 0 aliphatic heterocycles. The van der Waals surface area contributed by atoms with E-state index in [-0.39, 0.29) is 0 Å². The van der Waals surface area contributed by atoms with E-state index in [9.17, 15) is 0 Å². The molecule has 0 aromatic carbocycles. The third-order valence-corrected chi connectivity index (χ3v) is 0.167. The van der Waals surface area contributed by atoms with Crippen molar-refractivity contribution in [3.05, 3.63) is 26.3 Å². The molecule has 0 saturated heterocycles. The summed E-state index contributed by atoms with van der Waals surface area (Å²) in [6.45, 7) is 13.2. The first-order valence-corrected chi connectivity index (χ1v) is 2.32. The summed E-state index contributed by atoms with van der Waals surface area (Å²) >= 11 is 0. The van der Waals surface area contributed by atoms with Gasteiger partial charge in [0.1, 0.15) is 0 Å². The van der Waals surface area contributed by atoms with E-state index >= 15 is 0 Å². The van der Waals surface area contributed by atoms with Gasteiger partial charge >= 0.3 is 0 Å². The van der Waals surface area contributed by atoms with Gasteiger partial charge in [-0.25, -0.2) is 0 Å². The Kier molecular flexibility index (Phi) is 186. The lowest BCUT2D eigenvalue weighted by atomic mass is 10.7. The first kappa shape index (κ1) is 15.7. The van der Waals surface area contributed by atoms with Crippen molar-refractivity contribution < 1.29 is 0 Å². The number of nitrogens with two attached hydrogens (primary N) is 2. The minimum atomic E-state index is 0.597. The topological polar surface area (TPSA) is 52.0 Å². The van der Waals surface area contributed by atoms with Crippen LogP contribution in [-0.2, 0) is 0 Å². The lowest BCUT2D eigenvalue weighted by molar-refractivity contribution is 0.976. The standard InChI is InChI=1S/C2H8N2.2C2H4/c3-1-2-4;2*1-2/h1-4H2;2*1-2H2. The van der Waals surface area contributed by atoms with Crippen molar-refractivity contribution in [1.29, 1.82) is 0 Å². The predicted molar refractivity (Wildman–Crippen MR) is 40.6 cm³/mol. The highest BCUT2D eigenvalue weighted by atomic mass is 14.6. The van der Waals surface area contributed by atoms with Crippen LogP contribution in [0, 0.1) is 0 Å². The molecule has 4 N–H and O–H groups in total. The van der Waals surface area contributed by atoms with Gasteiger partial charge in [0.25, 0.3) is 0 Å². The van der Waals surface area contributed by atoms with E-state index < -0.39 is 0 Å². The van der Waals surface area contributed by atoms with Crippen molar-refractivity contribution >= 4 is 0 Å². The fourth-order valence-corrected chi connectivity index (χ4v) is 0. The van der Waals surface area contributed by atoms with Gasteiger partial charge in [-0.3, -0.25) is 0 Å². The zero-order valence-corrected chi connectivity index (χ0v) is 5.40.